The number of nitrogens with zero attached hydrogens (tertiary/aromatic N) is 2. The number of Topliss-reactive ketones (excluding diaryl/α,β-unsaturated/α-hetero) is 1. The van der Waals surface area contributed by atoms with E-state index in [-0.39, 0.29) is 12.2 Å². The first-order valence-corrected chi connectivity index (χ1v) is 7.23. The monoisotopic (exact) mass is 338 g/mol. The summed E-state index contributed by atoms with van der Waals surface area (Å²) in [4.78, 5) is 12.4. The van der Waals surface area contributed by atoms with E-state index >= 15 is 0 Å². The molecule has 0 radical (unpaired) electrons. The second kappa shape index (κ2) is 5.87. The molecule has 0 spiro atoms. The van der Waals surface area contributed by atoms with Crippen molar-refractivity contribution in [2.45, 2.75) is 26.7 Å². The molecule has 0 N–H and O–H groups in total. The van der Waals surface area contributed by atoms with E-state index in [1.165, 1.54) is 12.1 Å². The number of halogens is 2. The average Bonchev–Trinajstić information content (AvgIpc) is 2.68. The lowest BCUT2D eigenvalue weighted by Crippen LogP contribution is -2.10. The highest BCUT2D eigenvalue weighted by Crippen LogP contribution is 2.23. The van der Waals surface area contributed by atoms with Crippen LogP contribution in [-0.4, -0.2) is 15.6 Å². The lowest BCUT2D eigenvalue weighted by molar-refractivity contribution is 0.0989. The van der Waals surface area contributed by atoms with Gasteiger partial charge >= 0.3 is 0 Å². The van der Waals surface area contributed by atoms with Gasteiger partial charge in [0.15, 0.2) is 5.78 Å². The van der Waals surface area contributed by atoms with Crippen LogP contribution < -0.4 is 0 Å². The quantitative estimate of drug-likeness (QED) is 0.798. The van der Waals surface area contributed by atoms with Gasteiger partial charge in [0.05, 0.1) is 22.3 Å². The maximum absolute atomic E-state index is 13.3. The first-order chi connectivity index (χ1) is 9.43. The molecule has 106 valence electrons. The number of hydrogen-bond acceptors (Lipinski definition) is 2. The first-order valence-electron chi connectivity index (χ1n) is 6.43. The summed E-state index contributed by atoms with van der Waals surface area (Å²) >= 11 is 3.49. The first kappa shape index (κ1) is 14.9. The Bertz CT molecular complexity index is 664. The molecule has 0 atom stereocenters. The lowest BCUT2D eigenvalue weighted by Gasteiger charge is -2.06. The molecule has 0 amide bonds. The maximum Gasteiger partial charge on any atom is 0.169 e. The predicted octanol–water partition coefficient (Wildman–Crippen LogP) is 3.62. The molecule has 20 heavy (non-hydrogen) atoms. The average molecular weight is 339 g/mol. The fourth-order valence-corrected chi connectivity index (χ4v) is 2.91. The van der Waals surface area contributed by atoms with Crippen molar-refractivity contribution in [1.29, 1.82) is 0 Å². The summed E-state index contributed by atoms with van der Waals surface area (Å²) in [7, 11) is 1.81. The summed E-state index contributed by atoms with van der Waals surface area (Å²) in [6, 6.07) is 4.28. The van der Waals surface area contributed by atoms with E-state index in [0.717, 1.165) is 27.8 Å². The number of hydrogen-bond donors (Lipinski definition) is 0. The minimum Gasteiger partial charge on any atom is -0.294 e. The fourth-order valence-electron chi connectivity index (χ4n) is 2.15. The van der Waals surface area contributed by atoms with E-state index in [4.69, 9.17) is 0 Å². The zero-order valence-electron chi connectivity index (χ0n) is 11.7. The minimum atomic E-state index is -0.391. The predicted molar refractivity (Wildman–Crippen MR) is 79.5 cm³/mol. The fraction of sp³-hybridized carbons (Fsp3) is 0.333. The molecule has 2 rings (SSSR count). The molecule has 0 bridgehead atoms. The summed E-state index contributed by atoms with van der Waals surface area (Å²) in [5.41, 5.74) is 2.95. The van der Waals surface area contributed by atoms with E-state index in [2.05, 4.69) is 21.0 Å². The molecule has 0 fully saturated rings. The molecule has 0 unspecified atom stereocenters. The van der Waals surface area contributed by atoms with Crippen molar-refractivity contribution in [2.24, 2.45) is 7.05 Å². The van der Waals surface area contributed by atoms with Gasteiger partial charge in [-0.1, -0.05) is 13.0 Å². The van der Waals surface area contributed by atoms with Gasteiger partial charge in [-0.3, -0.25) is 9.48 Å². The van der Waals surface area contributed by atoms with E-state index in [1.54, 1.807) is 10.7 Å². The molecule has 5 heteroatoms. The van der Waals surface area contributed by atoms with Gasteiger partial charge < -0.3 is 0 Å². The molecular formula is C15H16BrFN2O. The third-order valence-corrected chi connectivity index (χ3v) is 4.25. The van der Waals surface area contributed by atoms with Gasteiger partial charge in [0.2, 0.25) is 0 Å². The second-order valence-corrected chi connectivity index (χ2v) is 5.54. The standard InChI is InChI=1S/C15H16BrFN2O/c1-4-12-15(16)13(19(3)18-12)8-14(20)11-7-10(17)6-5-9(11)2/h5-7H,4,8H2,1-3H3. The van der Waals surface area contributed by atoms with Crippen molar-refractivity contribution < 1.29 is 9.18 Å². The van der Waals surface area contributed by atoms with Crippen LogP contribution >= 0.6 is 15.9 Å². The van der Waals surface area contributed by atoms with E-state index in [1.807, 2.05) is 20.9 Å². The highest BCUT2D eigenvalue weighted by Gasteiger charge is 2.18. The Balaban J connectivity index is 2.33. The number of aromatic nitrogens is 2. The Morgan fingerprint density at radius 2 is 2.15 bits per heavy atom. The molecule has 0 aliphatic rings. The molecule has 1 aromatic carbocycles. The molecule has 0 aliphatic heterocycles. The van der Waals surface area contributed by atoms with Crippen molar-refractivity contribution in [1.82, 2.24) is 9.78 Å². The van der Waals surface area contributed by atoms with Crippen LogP contribution in [0.1, 0.15) is 34.2 Å². The van der Waals surface area contributed by atoms with E-state index < -0.39 is 5.82 Å². The highest BCUT2D eigenvalue weighted by molar-refractivity contribution is 9.10. The number of ketones is 1. The maximum atomic E-state index is 13.3. The number of carbonyl (C=O) groups is 1. The Morgan fingerprint density at radius 1 is 1.45 bits per heavy atom. The van der Waals surface area contributed by atoms with Crippen molar-refractivity contribution in [2.75, 3.05) is 0 Å². The SMILES string of the molecule is CCc1nn(C)c(CC(=O)c2cc(F)ccc2C)c1Br. The number of aryl methyl sites for hydroxylation is 3. The minimum absolute atomic E-state index is 0.103. The summed E-state index contributed by atoms with van der Waals surface area (Å²) in [6.45, 7) is 3.82. The van der Waals surface area contributed by atoms with Crippen LogP contribution in [0.2, 0.25) is 0 Å². The molecule has 0 saturated heterocycles. The summed E-state index contributed by atoms with van der Waals surface area (Å²) < 4.78 is 15.9. The van der Waals surface area contributed by atoms with Crippen molar-refractivity contribution >= 4 is 21.7 Å². The van der Waals surface area contributed by atoms with Gasteiger partial charge in [-0.05, 0) is 47.0 Å². The molecule has 1 aromatic heterocycles. The van der Waals surface area contributed by atoms with Gasteiger partial charge in [0, 0.05) is 12.6 Å². The van der Waals surface area contributed by atoms with Crippen molar-refractivity contribution in [3.8, 4) is 0 Å². The Hall–Kier alpha value is -1.49. The van der Waals surface area contributed by atoms with Crippen LogP contribution in [0.5, 0.6) is 0 Å². The Kier molecular flexibility index (Phi) is 4.38. The van der Waals surface area contributed by atoms with Crippen molar-refractivity contribution in [3.05, 3.63) is 51.0 Å². The van der Waals surface area contributed by atoms with Crippen LogP contribution in [0.3, 0.4) is 0 Å². The van der Waals surface area contributed by atoms with E-state index in [9.17, 15) is 9.18 Å². The van der Waals surface area contributed by atoms with Crippen LogP contribution in [-0.2, 0) is 19.9 Å². The molecule has 0 saturated carbocycles. The summed E-state index contributed by atoms with van der Waals surface area (Å²) in [6.07, 6.45) is 0.996. The summed E-state index contributed by atoms with van der Waals surface area (Å²) in [5.74, 6) is -0.495. The van der Waals surface area contributed by atoms with Gasteiger partial charge in [-0.25, -0.2) is 4.39 Å². The Labute approximate surface area is 125 Å². The van der Waals surface area contributed by atoms with Crippen LogP contribution in [0, 0.1) is 12.7 Å². The Morgan fingerprint density at radius 3 is 2.75 bits per heavy atom. The smallest absolute Gasteiger partial charge is 0.169 e. The molecule has 3 nitrogen and oxygen atoms in total. The molecule has 0 aliphatic carbocycles. The van der Waals surface area contributed by atoms with Crippen molar-refractivity contribution in [3.63, 3.8) is 0 Å². The van der Waals surface area contributed by atoms with Gasteiger partial charge in [-0.2, -0.15) is 5.10 Å². The van der Waals surface area contributed by atoms with Gasteiger partial charge in [-0.15, -0.1) is 0 Å². The lowest BCUT2D eigenvalue weighted by atomic mass is 10.0. The highest BCUT2D eigenvalue weighted by atomic mass is 79.9. The molecule has 2 aromatic rings. The number of rotatable bonds is 4. The zero-order valence-corrected chi connectivity index (χ0v) is 13.3. The topological polar surface area (TPSA) is 34.9 Å². The van der Waals surface area contributed by atoms with Crippen LogP contribution in [0.15, 0.2) is 22.7 Å². The normalized spacial score (nSPS) is 10.8. The third-order valence-electron chi connectivity index (χ3n) is 3.33. The summed E-state index contributed by atoms with van der Waals surface area (Å²) in [5, 5.41) is 4.36. The van der Waals surface area contributed by atoms with Crippen LogP contribution in [0.4, 0.5) is 4.39 Å². The number of benzene rings is 1. The largest absolute Gasteiger partial charge is 0.294 e. The second-order valence-electron chi connectivity index (χ2n) is 4.74. The third kappa shape index (κ3) is 2.82. The van der Waals surface area contributed by atoms with Crippen LogP contribution in [0.25, 0.3) is 0 Å². The van der Waals surface area contributed by atoms with Gasteiger partial charge in [0.25, 0.3) is 0 Å². The van der Waals surface area contributed by atoms with Gasteiger partial charge in [0.1, 0.15) is 5.82 Å². The van der Waals surface area contributed by atoms with E-state index in [0.29, 0.717) is 5.56 Å². The molecule has 1 heterocycles. The number of carbonyl (C=O) groups excluding carboxylic acids is 1. The molecular weight excluding hydrogens is 323 g/mol. The zero-order chi connectivity index (χ0) is 14.9.